The number of rotatable bonds is 4. The summed E-state index contributed by atoms with van der Waals surface area (Å²) in [5.41, 5.74) is -0.0719. The van der Waals surface area contributed by atoms with Crippen LogP contribution < -0.4 is 5.32 Å². The van der Waals surface area contributed by atoms with Gasteiger partial charge in [0.2, 0.25) is 0 Å². The smallest absolute Gasteiger partial charge is 0.110 e. The van der Waals surface area contributed by atoms with Gasteiger partial charge in [-0.1, -0.05) is 12.8 Å². The molecule has 0 aromatic carbocycles. The summed E-state index contributed by atoms with van der Waals surface area (Å²) in [6.07, 6.45) is 6.39. The Kier molecular flexibility index (Phi) is 4.00. The zero-order chi connectivity index (χ0) is 11.6. The Morgan fingerprint density at radius 3 is 2.81 bits per heavy atom. The van der Waals surface area contributed by atoms with E-state index in [0.29, 0.717) is 0 Å². The maximum absolute atomic E-state index is 9.53. The molecule has 2 rings (SSSR count). The van der Waals surface area contributed by atoms with E-state index in [1.54, 1.807) is 11.3 Å². The lowest BCUT2D eigenvalue weighted by Crippen LogP contribution is -2.47. The van der Waals surface area contributed by atoms with E-state index < -0.39 is 0 Å². The maximum Gasteiger partial charge on any atom is 0.110 e. The van der Waals surface area contributed by atoms with Gasteiger partial charge in [0.25, 0.3) is 0 Å². The van der Waals surface area contributed by atoms with Gasteiger partial charge in [-0.25, -0.2) is 4.98 Å². The van der Waals surface area contributed by atoms with Crippen molar-refractivity contribution in [2.45, 2.75) is 44.2 Å². The van der Waals surface area contributed by atoms with Crippen LogP contribution in [0, 0.1) is 0 Å². The minimum Gasteiger partial charge on any atom is -0.394 e. The summed E-state index contributed by atoms with van der Waals surface area (Å²) >= 11 is 5.07. The number of hydrogen-bond donors (Lipinski definition) is 2. The minimum atomic E-state index is -0.0719. The second-order valence-corrected chi connectivity index (χ2v) is 6.96. The number of nitrogens with zero attached hydrogens (tertiary/aromatic N) is 1. The summed E-state index contributed by atoms with van der Waals surface area (Å²) in [5, 5.41) is 14.2. The predicted molar refractivity (Wildman–Crippen MR) is 69.6 cm³/mol. The lowest BCUT2D eigenvalue weighted by Gasteiger charge is -2.31. The van der Waals surface area contributed by atoms with Crippen molar-refractivity contribution < 1.29 is 5.11 Å². The van der Waals surface area contributed by atoms with Crippen molar-refractivity contribution >= 4 is 27.3 Å². The van der Waals surface area contributed by atoms with E-state index in [-0.39, 0.29) is 18.2 Å². The molecule has 0 saturated heterocycles. The second kappa shape index (κ2) is 5.12. The van der Waals surface area contributed by atoms with Gasteiger partial charge in [0.15, 0.2) is 0 Å². The summed E-state index contributed by atoms with van der Waals surface area (Å²) in [7, 11) is 0. The molecule has 16 heavy (non-hydrogen) atoms. The maximum atomic E-state index is 9.53. The van der Waals surface area contributed by atoms with Crippen LogP contribution in [-0.4, -0.2) is 22.2 Å². The fourth-order valence-corrected chi connectivity index (χ4v) is 3.63. The number of thiazole rings is 1. The van der Waals surface area contributed by atoms with E-state index in [1.165, 1.54) is 12.8 Å². The molecule has 5 heteroatoms. The van der Waals surface area contributed by atoms with Crippen LogP contribution in [0.1, 0.15) is 43.7 Å². The highest BCUT2D eigenvalue weighted by molar-refractivity contribution is 9.11. The third kappa shape index (κ3) is 2.64. The van der Waals surface area contributed by atoms with E-state index in [0.717, 1.165) is 21.6 Å². The number of nitrogens with one attached hydrogen (secondary N) is 1. The standard InChI is InChI=1S/C11H17BrN2OS/c1-8(10-13-6-9(12)16-10)14-11(7-15)4-2-3-5-11/h6,8,14-15H,2-5,7H2,1H3. The van der Waals surface area contributed by atoms with Gasteiger partial charge in [0.05, 0.1) is 22.6 Å². The number of hydrogen-bond acceptors (Lipinski definition) is 4. The second-order valence-electron chi connectivity index (χ2n) is 4.51. The molecule has 1 aromatic heterocycles. The van der Waals surface area contributed by atoms with Crippen LogP contribution in [0.15, 0.2) is 9.98 Å². The van der Waals surface area contributed by atoms with Crippen molar-refractivity contribution in [3.8, 4) is 0 Å². The molecule has 0 radical (unpaired) electrons. The van der Waals surface area contributed by atoms with Crippen LogP contribution in [0.25, 0.3) is 0 Å². The van der Waals surface area contributed by atoms with E-state index in [2.05, 4.69) is 33.2 Å². The number of aliphatic hydroxyl groups excluding tert-OH is 1. The Hall–Kier alpha value is 0.0300. The molecule has 0 aliphatic heterocycles. The van der Waals surface area contributed by atoms with E-state index in [9.17, 15) is 5.11 Å². The summed E-state index contributed by atoms with van der Waals surface area (Å²) < 4.78 is 1.06. The van der Waals surface area contributed by atoms with Crippen molar-refractivity contribution in [2.24, 2.45) is 0 Å². The van der Waals surface area contributed by atoms with Gasteiger partial charge in [-0.2, -0.15) is 0 Å². The summed E-state index contributed by atoms with van der Waals surface area (Å²) in [4.78, 5) is 4.35. The van der Waals surface area contributed by atoms with Crippen molar-refractivity contribution in [1.29, 1.82) is 0 Å². The molecule has 1 aliphatic carbocycles. The minimum absolute atomic E-state index is 0.0719. The van der Waals surface area contributed by atoms with Crippen LogP contribution >= 0.6 is 27.3 Å². The highest BCUT2D eigenvalue weighted by atomic mass is 79.9. The first-order chi connectivity index (χ1) is 7.65. The number of halogens is 1. The third-order valence-electron chi connectivity index (χ3n) is 3.25. The summed E-state index contributed by atoms with van der Waals surface area (Å²) in [6, 6.07) is 0.210. The molecule has 0 bridgehead atoms. The Bertz CT molecular complexity index is 350. The molecule has 1 aromatic rings. The first kappa shape index (κ1) is 12.5. The van der Waals surface area contributed by atoms with Crippen molar-refractivity contribution in [3.63, 3.8) is 0 Å². The van der Waals surface area contributed by atoms with Gasteiger partial charge < -0.3 is 10.4 Å². The molecule has 2 N–H and O–H groups in total. The lowest BCUT2D eigenvalue weighted by molar-refractivity contribution is 0.153. The molecule has 90 valence electrons. The zero-order valence-corrected chi connectivity index (χ0v) is 11.8. The summed E-state index contributed by atoms with van der Waals surface area (Å²) in [5.74, 6) is 0. The molecule has 0 amide bonds. The highest BCUT2D eigenvalue weighted by Crippen LogP contribution is 2.33. The SMILES string of the molecule is CC(NC1(CO)CCCC1)c1ncc(Br)s1. The molecular formula is C11H17BrN2OS. The van der Waals surface area contributed by atoms with Gasteiger partial charge in [0.1, 0.15) is 5.01 Å². The fourth-order valence-electron chi connectivity index (χ4n) is 2.39. The average molecular weight is 305 g/mol. The van der Waals surface area contributed by atoms with Crippen molar-refractivity contribution in [1.82, 2.24) is 10.3 Å². The molecule has 1 heterocycles. The number of aliphatic hydroxyl groups is 1. The Morgan fingerprint density at radius 1 is 1.62 bits per heavy atom. The van der Waals surface area contributed by atoms with Gasteiger partial charge in [-0.15, -0.1) is 11.3 Å². The Balaban J connectivity index is 2.03. The van der Waals surface area contributed by atoms with E-state index >= 15 is 0 Å². The quantitative estimate of drug-likeness (QED) is 0.899. The first-order valence-corrected chi connectivity index (χ1v) is 7.26. The molecule has 0 spiro atoms. The van der Waals surface area contributed by atoms with Gasteiger partial charge >= 0.3 is 0 Å². The molecule has 1 atom stereocenters. The topological polar surface area (TPSA) is 45.1 Å². The van der Waals surface area contributed by atoms with Crippen molar-refractivity contribution in [2.75, 3.05) is 6.61 Å². The van der Waals surface area contributed by atoms with Gasteiger partial charge in [-0.3, -0.25) is 0 Å². The average Bonchev–Trinajstić information content (AvgIpc) is 2.88. The van der Waals surface area contributed by atoms with E-state index in [4.69, 9.17) is 0 Å². The van der Waals surface area contributed by atoms with Crippen LogP contribution in [0.5, 0.6) is 0 Å². The molecule has 1 unspecified atom stereocenters. The third-order valence-corrected chi connectivity index (χ3v) is 4.91. The van der Waals surface area contributed by atoms with Gasteiger partial charge in [-0.05, 0) is 35.7 Å². The Labute approximate surface area is 108 Å². The fraction of sp³-hybridized carbons (Fsp3) is 0.727. The molecular weight excluding hydrogens is 288 g/mol. The van der Waals surface area contributed by atoms with Crippen LogP contribution in [0.3, 0.4) is 0 Å². The number of aromatic nitrogens is 1. The van der Waals surface area contributed by atoms with Gasteiger partial charge in [0, 0.05) is 5.54 Å². The molecule has 1 fully saturated rings. The van der Waals surface area contributed by atoms with Crippen LogP contribution in [-0.2, 0) is 0 Å². The summed E-state index contributed by atoms with van der Waals surface area (Å²) in [6.45, 7) is 2.34. The van der Waals surface area contributed by atoms with Crippen LogP contribution in [0.4, 0.5) is 0 Å². The molecule has 1 aliphatic rings. The van der Waals surface area contributed by atoms with Crippen molar-refractivity contribution in [3.05, 3.63) is 15.0 Å². The normalized spacial score (nSPS) is 21.2. The molecule has 1 saturated carbocycles. The monoisotopic (exact) mass is 304 g/mol. The van der Waals surface area contributed by atoms with Crippen LogP contribution in [0.2, 0.25) is 0 Å². The highest BCUT2D eigenvalue weighted by Gasteiger charge is 2.34. The Morgan fingerprint density at radius 2 is 2.31 bits per heavy atom. The zero-order valence-electron chi connectivity index (χ0n) is 9.37. The first-order valence-electron chi connectivity index (χ1n) is 5.65. The van der Waals surface area contributed by atoms with E-state index in [1.807, 2.05) is 6.20 Å². The molecule has 3 nitrogen and oxygen atoms in total. The predicted octanol–water partition coefficient (Wildman–Crippen LogP) is 2.86. The lowest BCUT2D eigenvalue weighted by atomic mass is 9.98. The largest absolute Gasteiger partial charge is 0.394 e.